The molecule has 5 rings (SSSR count). The maximum Gasteiger partial charge on any atom is 0.410 e. The largest absolute Gasteiger partial charge is 0.445 e. The summed E-state index contributed by atoms with van der Waals surface area (Å²) in [5, 5.41) is 8.26. The zero-order chi connectivity index (χ0) is 29.7. The molecule has 0 bridgehead atoms. The Hall–Kier alpha value is -4.37. The number of ether oxygens (including phenoxy) is 1. The van der Waals surface area contributed by atoms with Gasteiger partial charge in [0.15, 0.2) is 5.82 Å². The van der Waals surface area contributed by atoms with Crippen molar-refractivity contribution in [3.05, 3.63) is 119 Å². The Morgan fingerprint density at radius 2 is 1.69 bits per heavy atom. The van der Waals surface area contributed by atoms with Gasteiger partial charge in [-0.3, -0.25) is 0 Å². The third-order valence-corrected chi connectivity index (χ3v) is 7.16. The molecule has 1 aliphatic heterocycles. The summed E-state index contributed by atoms with van der Waals surface area (Å²) in [6, 6.07) is 22.4. The molecule has 1 N–H and O–H groups in total. The Labute approximate surface area is 244 Å². The summed E-state index contributed by atoms with van der Waals surface area (Å²) in [6.07, 6.45) is 1.67. The van der Waals surface area contributed by atoms with E-state index in [2.05, 4.69) is 31.2 Å². The third kappa shape index (κ3) is 7.09. The highest BCUT2D eigenvalue weighted by Gasteiger charge is 2.32. The number of benzene rings is 3. The van der Waals surface area contributed by atoms with E-state index in [0.717, 1.165) is 34.9 Å². The molecular formula is C33H35F2N5O2. The number of carbonyl (C=O) groups excluding carboxylic acids is 1. The second kappa shape index (κ2) is 12.7. The van der Waals surface area contributed by atoms with E-state index in [1.807, 2.05) is 66.7 Å². The average Bonchev–Trinajstić information content (AvgIpc) is 3.61. The third-order valence-electron chi connectivity index (χ3n) is 7.16. The van der Waals surface area contributed by atoms with Crippen LogP contribution in [-0.2, 0) is 17.9 Å². The van der Waals surface area contributed by atoms with Crippen LogP contribution in [0.3, 0.4) is 0 Å². The Morgan fingerprint density at radius 3 is 2.38 bits per heavy atom. The minimum atomic E-state index is -0.588. The van der Waals surface area contributed by atoms with Crippen LogP contribution in [0.5, 0.6) is 0 Å². The fraction of sp³-hybridized carbons (Fsp3) is 0.303. The molecule has 42 heavy (non-hydrogen) atoms. The number of carbonyl (C=O) groups is 1. The summed E-state index contributed by atoms with van der Waals surface area (Å²) in [7, 11) is 0. The van der Waals surface area contributed by atoms with Crippen LogP contribution in [0, 0.1) is 17.0 Å². The van der Waals surface area contributed by atoms with Crippen molar-refractivity contribution in [3.63, 3.8) is 0 Å². The number of amides is 1. The Morgan fingerprint density at radius 1 is 1.00 bits per heavy atom. The van der Waals surface area contributed by atoms with Gasteiger partial charge >= 0.3 is 6.09 Å². The van der Waals surface area contributed by atoms with E-state index in [4.69, 9.17) is 9.72 Å². The molecule has 0 saturated carbocycles. The summed E-state index contributed by atoms with van der Waals surface area (Å²) >= 11 is 0. The molecule has 4 aromatic rings. The quantitative estimate of drug-likeness (QED) is 0.232. The van der Waals surface area contributed by atoms with Crippen molar-refractivity contribution >= 4 is 6.09 Å². The van der Waals surface area contributed by atoms with E-state index < -0.39 is 11.6 Å². The lowest BCUT2D eigenvalue weighted by molar-refractivity contribution is 0.105. The van der Waals surface area contributed by atoms with E-state index in [0.29, 0.717) is 32.0 Å². The molecule has 0 unspecified atom stereocenters. The second-order valence-corrected chi connectivity index (χ2v) is 11.5. The predicted octanol–water partition coefficient (Wildman–Crippen LogP) is 6.53. The van der Waals surface area contributed by atoms with E-state index in [1.165, 1.54) is 0 Å². The molecule has 1 aromatic heterocycles. The number of hydrogen-bond acceptors (Lipinski definition) is 5. The Bertz CT molecular complexity index is 1550. The smallest absolute Gasteiger partial charge is 0.410 e. The first-order chi connectivity index (χ1) is 20.2. The molecule has 0 saturated heterocycles. The highest BCUT2D eigenvalue weighted by atomic mass is 19.1. The first-order valence-corrected chi connectivity index (χ1v) is 14.0. The number of nitrogens with zero attached hydrogens (tertiary/aromatic N) is 4. The maximum absolute atomic E-state index is 14.7. The SMILES string of the molecule is CC(C)(C)[C@@H](NCC1=CCN(C(=O)OCc2ccccc2)C1)c1nc(-c2cc(F)ccc2F)nn1Cc1ccccc1. The molecular weight excluding hydrogens is 536 g/mol. The fourth-order valence-electron chi connectivity index (χ4n) is 4.93. The highest BCUT2D eigenvalue weighted by Crippen LogP contribution is 2.34. The molecule has 3 aromatic carbocycles. The van der Waals surface area contributed by atoms with Crippen molar-refractivity contribution in [1.29, 1.82) is 0 Å². The van der Waals surface area contributed by atoms with Crippen molar-refractivity contribution in [2.24, 2.45) is 5.41 Å². The molecule has 9 heteroatoms. The number of nitrogens with one attached hydrogen (secondary N) is 1. The van der Waals surface area contributed by atoms with Gasteiger partial charge < -0.3 is 15.0 Å². The van der Waals surface area contributed by atoms with Gasteiger partial charge in [-0.15, -0.1) is 0 Å². The van der Waals surface area contributed by atoms with Crippen LogP contribution >= 0.6 is 0 Å². The lowest BCUT2D eigenvalue weighted by Crippen LogP contribution is -2.37. The molecule has 0 radical (unpaired) electrons. The molecule has 218 valence electrons. The molecule has 1 atom stereocenters. The van der Waals surface area contributed by atoms with Gasteiger partial charge in [0.1, 0.15) is 24.1 Å². The summed E-state index contributed by atoms with van der Waals surface area (Å²) in [4.78, 5) is 19.1. The topological polar surface area (TPSA) is 72.3 Å². The fourth-order valence-corrected chi connectivity index (χ4v) is 4.93. The summed E-state index contributed by atoms with van der Waals surface area (Å²) in [6.45, 7) is 8.33. The van der Waals surface area contributed by atoms with Crippen LogP contribution in [0.15, 0.2) is 90.5 Å². The molecule has 0 aliphatic carbocycles. The van der Waals surface area contributed by atoms with E-state index in [-0.39, 0.29) is 35.5 Å². The van der Waals surface area contributed by atoms with Crippen molar-refractivity contribution in [3.8, 4) is 11.4 Å². The Balaban J connectivity index is 1.33. The molecule has 1 aliphatic rings. The lowest BCUT2D eigenvalue weighted by Gasteiger charge is -2.31. The van der Waals surface area contributed by atoms with Gasteiger partial charge in [-0.25, -0.2) is 23.2 Å². The van der Waals surface area contributed by atoms with E-state index in [1.54, 1.807) is 9.58 Å². The van der Waals surface area contributed by atoms with Crippen LogP contribution < -0.4 is 5.32 Å². The second-order valence-electron chi connectivity index (χ2n) is 11.5. The lowest BCUT2D eigenvalue weighted by atomic mass is 9.86. The van der Waals surface area contributed by atoms with Gasteiger partial charge in [0.05, 0.1) is 18.2 Å². The minimum Gasteiger partial charge on any atom is -0.445 e. The van der Waals surface area contributed by atoms with E-state index >= 15 is 0 Å². The van der Waals surface area contributed by atoms with Gasteiger partial charge in [0.2, 0.25) is 0 Å². The van der Waals surface area contributed by atoms with Crippen molar-refractivity contribution < 1.29 is 18.3 Å². The van der Waals surface area contributed by atoms with Crippen molar-refractivity contribution in [2.45, 2.75) is 40.0 Å². The molecule has 0 spiro atoms. The van der Waals surface area contributed by atoms with E-state index in [9.17, 15) is 13.6 Å². The molecule has 0 fully saturated rings. The first kappa shape index (κ1) is 29.1. The molecule has 2 heterocycles. The first-order valence-electron chi connectivity index (χ1n) is 14.0. The van der Waals surface area contributed by atoms with Crippen molar-refractivity contribution in [1.82, 2.24) is 25.0 Å². The summed E-state index contributed by atoms with van der Waals surface area (Å²) < 4.78 is 36.1. The summed E-state index contributed by atoms with van der Waals surface area (Å²) in [5.41, 5.74) is 2.69. The number of halogens is 2. The van der Waals surface area contributed by atoms with Crippen LogP contribution in [-0.4, -0.2) is 45.4 Å². The Kier molecular flexibility index (Phi) is 8.77. The maximum atomic E-state index is 14.7. The molecule has 7 nitrogen and oxygen atoms in total. The number of hydrogen-bond donors (Lipinski definition) is 1. The van der Waals surface area contributed by atoms with Gasteiger partial charge in [0.25, 0.3) is 0 Å². The highest BCUT2D eigenvalue weighted by molar-refractivity contribution is 5.69. The van der Waals surface area contributed by atoms with Gasteiger partial charge in [0, 0.05) is 19.6 Å². The van der Waals surface area contributed by atoms with Gasteiger partial charge in [-0.2, -0.15) is 5.10 Å². The average molecular weight is 572 g/mol. The normalized spacial score (nSPS) is 14.1. The standard InChI is InChI=1S/C33H35F2N5O2/c1-33(2,3)29(36-19-25-16-17-39(20-25)32(41)42-22-24-12-8-5-9-13-24)31-37-30(27-18-26(34)14-15-28(27)35)38-40(31)21-23-10-6-4-7-11-23/h4-16,18,29,36H,17,19-22H2,1-3H3/t29-/m0/s1. The zero-order valence-electron chi connectivity index (χ0n) is 24.1. The van der Waals surface area contributed by atoms with Crippen LogP contribution in [0.25, 0.3) is 11.4 Å². The predicted molar refractivity (Wildman–Crippen MR) is 157 cm³/mol. The van der Waals surface area contributed by atoms with Crippen LogP contribution in [0.1, 0.15) is 43.8 Å². The van der Waals surface area contributed by atoms with Gasteiger partial charge in [-0.1, -0.05) is 87.5 Å². The van der Waals surface area contributed by atoms with Crippen LogP contribution in [0.4, 0.5) is 13.6 Å². The molecule has 1 amide bonds. The summed E-state index contributed by atoms with van der Waals surface area (Å²) in [5.74, 6) is -0.405. The van der Waals surface area contributed by atoms with Gasteiger partial charge in [-0.05, 0) is 40.3 Å². The number of aromatic nitrogens is 3. The monoisotopic (exact) mass is 571 g/mol. The van der Waals surface area contributed by atoms with Crippen LogP contribution in [0.2, 0.25) is 0 Å². The van der Waals surface area contributed by atoms with Crippen molar-refractivity contribution in [2.75, 3.05) is 19.6 Å². The minimum absolute atomic E-state index is 0.0129. The zero-order valence-corrected chi connectivity index (χ0v) is 24.1. The number of rotatable bonds is 9.